The number of nitrogens with two attached hydrogens (primary N) is 1. The summed E-state index contributed by atoms with van der Waals surface area (Å²) in [4.78, 5) is 19.7. The van der Waals surface area contributed by atoms with Crippen LogP contribution in [0.1, 0.15) is 43.5 Å². The van der Waals surface area contributed by atoms with Gasteiger partial charge in [-0.1, -0.05) is 11.6 Å². The van der Waals surface area contributed by atoms with Crippen molar-refractivity contribution in [1.82, 2.24) is 10.3 Å². The molecule has 6 nitrogen and oxygen atoms in total. The molecule has 1 saturated carbocycles. The molecule has 2 fully saturated rings. The maximum absolute atomic E-state index is 14.2. The zero-order valence-corrected chi connectivity index (χ0v) is 18.8. The Kier molecular flexibility index (Phi) is 5.83. The second kappa shape index (κ2) is 8.28. The third-order valence-corrected chi connectivity index (χ3v) is 6.33. The van der Waals surface area contributed by atoms with E-state index in [2.05, 4.69) is 15.2 Å². The molecule has 0 unspecified atom stereocenters. The number of nitrogens with one attached hydrogen (secondary N) is 1. The van der Waals surface area contributed by atoms with Crippen LogP contribution >= 0.6 is 11.6 Å². The van der Waals surface area contributed by atoms with Crippen LogP contribution in [-0.2, 0) is 0 Å². The van der Waals surface area contributed by atoms with Crippen molar-refractivity contribution in [3.63, 3.8) is 0 Å². The Bertz CT molecular complexity index is 989. The first-order valence-electron chi connectivity index (χ1n) is 10.6. The molecule has 2 atom stereocenters. The molecule has 8 heteroatoms. The molecule has 1 aromatic carbocycles. The summed E-state index contributed by atoms with van der Waals surface area (Å²) in [6.07, 6.45) is 4.54. The molecule has 1 aromatic heterocycles. The van der Waals surface area contributed by atoms with Crippen LogP contribution in [0.4, 0.5) is 10.1 Å². The van der Waals surface area contributed by atoms with Gasteiger partial charge in [-0.25, -0.2) is 9.37 Å². The van der Waals surface area contributed by atoms with Crippen molar-refractivity contribution in [2.75, 3.05) is 25.1 Å². The molecule has 0 radical (unpaired) electrons. The minimum Gasteiger partial charge on any atom is -0.480 e. The number of methoxy groups -OCH3 is 1. The number of carbonyl (C=O) groups excluding carboxylic acids is 1. The van der Waals surface area contributed by atoms with Crippen LogP contribution < -0.4 is 20.7 Å². The summed E-state index contributed by atoms with van der Waals surface area (Å²) >= 11 is 6.15. The molecule has 1 amide bonds. The van der Waals surface area contributed by atoms with E-state index in [9.17, 15) is 9.18 Å². The molecule has 1 aliphatic heterocycles. The van der Waals surface area contributed by atoms with Crippen LogP contribution in [0.25, 0.3) is 11.1 Å². The van der Waals surface area contributed by atoms with Gasteiger partial charge in [-0.2, -0.15) is 0 Å². The number of halogens is 2. The number of hydrogen-bond acceptors (Lipinski definition) is 5. The summed E-state index contributed by atoms with van der Waals surface area (Å²) in [6.45, 7) is 5.22. The van der Waals surface area contributed by atoms with E-state index in [1.54, 1.807) is 6.07 Å². The summed E-state index contributed by atoms with van der Waals surface area (Å²) in [5, 5.41) is 3.36. The number of benzene rings is 1. The zero-order chi connectivity index (χ0) is 22.3. The van der Waals surface area contributed by atoms with Gasteiger partial charge < -0.3 is 20.7 Å². The molecular weight excluding hydrogens is 419 g/mol. The molecule has 4 rings (SSSR count). The first-order valence-corrected chi connectivity index (χ1v) is 10.9. The Hall–Kier alpha value is -2.38. The highest BCUT2D eigenvalue weighted by molar-refractivity contribution is 6.31. The number of ether oxygens (including phenoxy) is 1. The lowest BCUT2D eigenvalue weighted by Crippen LogP contribution is -2.40. The fourth-order valence-corrected chi connectivity index (χ4v) is 4.49. The lowest BCUT2D eigenvalue weighted by atomic mass is 9.99. The van der Waals surface area contributed by atoms with E-state index in [4.69, 9.17) is 22.1 Å². The van der Waals surface area contributed by atoms with E-state index in [1.807, 2.05) is 13.8 Å². The summed E-state index contributed by atoms with van der Waals surface area (Å²) in [5.74, 6) is 0.130. The van der Waals surface area contributed by atoms with Crippen LogP contribution in [0.5, 0.6) is 5.88 Å². The van der Waals surface area contributed by atoms with Crippen LogP contribution in [-0.4, -0.2) is 42.7 Å². The molecule has 3 N–H and O–H groups in total. The third-order valence-electron chi connectivity index (χ3n) is 6.11. The number of pyridine rings is 1. The van der Waals surface area contributed by atoms with Crippen molar-refractivity contribution in [1.29, 1.82) is 0 Å². The monoisotopic (exact) mass is 446 g/mol. The van der Waals surface area contributed by atoms with Gasteiger partial charge in [0.1, 0.15) is 5.82 Å². The molecule has 2 aliphatic rings. The molecule has 31 heavy (non-hydrogen) atoms. The third kappa shape index (κ3) is 4.62. The van der Waals surface area contributed by atoms with Gasteiger partial charge in [-0.05, 0) is 62.8 Å². The van der Waals surface area contributed by atoms with E-state index in [0.717, 1.165) is 19.3 Å². The van der Waals surface area contributed by atoms with Crippen molar-refractivity contribution < 1.29 is 13.9 Å². The first-order chi connectivity index (χ1) is 14.7. The molecule has 1 saturated heterocycles. The van der Waals surface area contributed by atoms with Gasteiger partial charge in [0.05, 0.1) is 23.9 Å². The van der Waals surface area contributed by atoms with Gasteiger partial charge in [-0.15, -0.1) is 0 Å². The average Bonchev–Trinajstić information content (AvgIpc) is 3.49. The maximum Gasteiger partial charge on any atom is 0.255 e. The second-order valence-electron chi connectivity index (χ2n) is 8.99. The average molecular weight is 447 g/mol. The van der Waals surface area contributed by atoms with Gasteiger partial charge in [0, 0.05) is 35.9 Å². The van der Waals surface area contributed by atoms with Gasteiger partial charge >= 0.3 is 0 Å². The number of amides is 1. The summed E-state index contributed by atoms with van der Waals surface area (Å²) < 4.78 is 19.8. The van der Waals surface area contributed by atoms with E-state index < -0.39 is 11.4 Å². The highest BCUT2D eigenvalue weighted by Crippen LogP contribution is 2.43. The number of hydrogen-bond donors (Lipinski definition) is 2. The Balaban J connectivity index is 1.87. The lowest BCUT2D eigenvalue weighted by Gasteiger charge is -2.27. The van der Waals surface area contributed by atoms with E-state index in [-0.39, 0.29) is 17.0 Å². The first kappa shape index (κ1) is 21.8. The molecule has 1 aliphatic carbocycles. The number of aromatic nitrogens is 1. The topological polar surface area (TPSA) is 80.5 Å². The zero-order valence-electron chi connectivity index (χ0n) is 18.0. The standard InChI is InChI=1S/C23H28ClFN4O2/c1-13(14-4-5-14)28-21(30)18-11-27-22(31-3)19(15-8-16(24)10-17(25)9-15)20(18)29-7-6-23(2,26)12-29/h8-11,13-14H,4-7,12,26H2,1-3H3,(H,28,30)/t13-,23-/m0/s1. The van der Waals surface area contributed by atoms with Gasteiger partial charge in [0.2, 0.25) is 5.88 Å². The van der Waals surface area contributed by atoms with Crippen LogP contribution in [0.3, 0.4) is 0 Å². The molecule has 2 heterocycles. The largest absolute Gasteiger partial charge is 0.480 e. The van der Waals surface area contributed by atoms with Crippen LogP contribution in [0.2, 0.25) is 5.02 Å². The fourth-order valence-electron chi connectivity index (χ4n) is 4.27. The van der Waals surface area contributed by atoms with Crippen molar-refractivity contribution in [3.05, 3.63) is 40.8 Å². The van der Waals surface area contributed by atoms with Gasteiger partial charge in [0.25, 0.3) is 5.91 Å². The normalized spacial score (nSPS) is 21.8. The fraction of sp³-hybridized carbons (Fsp3) is 0.478. The van der Waals surface area contributed by atoms with Gasteiger partial charge in [0.15, 0.2) is 0 Å². The molecule has 166 valence electrons. The van der Waals surface area contributed by atoms with Crippen molar-refractivity contribution >= 4 is 23.2 Å². The minimum atomic E-state index is -0.474. The Morgan fingerprint density at radius 3 is 2.74 bits per heavy atom. The number of rotatable bonds is 6. The molecule has 0 bridgehead atoms. The lowest BCUT2D eigenvalue weighted by molar-refractivity contribution is 0.0936. The molecule has 0 spiro atoms. The Morgan fingerprint density at radius 2 is 2.16 bits per heavy atom. The van der Waals surface area contributed by atoms with Crippen molar-refractivity contribution in [2.45, 2.75) is 44.7 Å². The van der Waals surface area contributed by atoms with E-state index in [1.165, 1.54) is 25.4 Å². The summed E-state index contributed by atoms with van der Waals surface area (Å²) in [7, 11) is 1.50. The van der Waals surface area contributed by atoms with Gasteiger partial charge in [-0.3, -0.25) is 4.79 Å². The molecule has 2 aromatic rings. The van der Waals surface area contributed by atoms with Crippen LogP contribution in [0, 0.1) is 11.7 Å². The quantitative estimate of drug-likeness (QED) is 0.700. The highest BCUT2D eigenvalue weighted by atomic mass is 35.5. The highest BCUT2D eigenvalue weighted by Gasteiger charge is 2.36. The predicted octanol–water partition coefficient (Wildman–Crippen LogP) is 4.01. The number of anilines is 1. The second-order valence-corrected chi connectivity index (χ2v) is 9.42. The van der Waals surface area contributed by atoms with Crippen molar-refractivity contribution in [3.8, 4) is 17.0 Å². The smallest absolute Gasteiger partial charge is 0.255 e. The Labute approximate surface area is 186 Å². The maximum atomic E-state index is 14.2. The van der Waals surface area contributed by atoms with Crippen molar-refractivity contribution in [2.24, 2.45) is 11.7 Å². The van der Waals surface area contributed by atoms with E-state index in [0.29, 0.717) is 47.3 Å². The van der Waals surface area contributed by atoms with Crippen LogP contribution in [0.15, 0.2) is 24.4 Å². The number of carbonyl (C=O) groups is 1. The number of nitrogens with zero attached hydrogens (tertiary/aromatic N) is 2. The predicted molar refractivity (Wildman–Crippen MR) is 120 cm³/mol. The summed E-state index contributed by atoms with van der Waals surface area (Å²) in [5.41, 5.74) is 8.09. The van der Waals surface area contributed by atoms with E-state index >= 15 is 0 Å². The minimum absolute atomic E-state index is 0.0767. The Morgan fingerprint density at radius 1 is 1.42 bits per heavy atom. The summed E-state index contributed by atoms with van der Waals surface area (Å²) in [6, 6.07) is 4.35. The SMILES string of the molecule is COc1ncc(C(=O)N[C@@H](C)C2CC2)c(N2CC[C@](C)(N)C2)c1-c1cc(F)cc(Cl)c1. The molecular formula is C23H28ClFN4O2.